The largest absolute Gasteiger partial charge is 0.507 e. The van der Waals surface area contributed by atoms with Crippen LogP contribution in [0.15, 0.2) is 30.3 Å². The van der Waals surface area contributed by atoms with Gasteiger partial charge in [0.1, 0.15) is 5.75 Å². The second-order valence-electron chi connectivity index (χ2n) is 9.41. The molecule has 0 aliphatic carbocycles. The fourth-order valence-corrected chi connectivity index (χ4v) is 6.15. The summed E-state index contributed by atoms with van der Waals surface area (Å²) in [4.78, 5) is 0. The number of rotatable bonds is 3. The van der Waals surface area contributed by atoms with Gasteiger partial charge in [0.05, 0.1) is 0 Å². The van der Waals surface area contributed by atoms with Gasteiger partial charge < -0.3 is 5.11 Å². The lowest BCUT2D eigenvalue weighted by Gasteiger charge is -2.28. The van der Waals surface area contributed by atoms with Crippen molar-refractivity contribution in [1.82, 2.24) is 0 Å². The minimum atomic E-state index is -0.174. The number of phenolic OH excluding ortho intramolecular Hbond substituents is 1. The summed E-state index contributed by atoms with van der Waals surface area (Å²) >= 11 is 0. The van der Waals surface area contributed by atoms with E-state index in [2.05, 4.69) is 92.1 Å². The van der Waals surface area contributed by atoms with E-state index in [0.29, 0.717) is 14.3 Å². The molecule has 0 heterocycles. The highest BCUT2D eigenvalue weighted by atomic mass is 31.1. The highest BCUT2D eigenvalue weighted by Crippen LogP contribution is 2.37. The van der Waals surface area contributed by atoms with Gasteiger partial charge in [-0.2, -0.15) is 0 Å². The van der Waals surface area contributed by atoms with Crippen LogP contribution in [0.3, 0.4) is 0 Å². The molecule has 0 fully saturated rings. The molecule has 2 rings (SSSR count). The molecule has 0 bridgehead atoms. The molecule has 1 atom stereocenters. The summed E-state index contributed by atoms with van der Waals surface area (Å²) in [6.45, 7) is 20.1. The number of hydrogen-bond donors (Lipinski definition) is 1. The highest BCUT2D eigenvalue weighted by molar-refractivity contribution is 7.67. The second kappa shape index (κ2) is 7.61. The van der Waals surface area contributed by atoms with Crippen molar-refractivity contribution in [1.29, 1.82) is 0 Å². The summed E-state index contributed by atoms with van der Waals surface area (Å²) in [5.74, 6) is 0.481. The third-order valence-corrected chi connectivity index (χ3v) is 7.89. The molecule has 1 nitrogen and oxygen atoms in total. The Balaban J connectivity index is 2.68. The van der Waals surface area contributed by atoms with Crippen molar-refractivity contribution in [3.8, 4) is 5.75 Å². The Morgan fingerprint density at radius 3 is 2.04 bits per heavy atom. The van der Waals surface area contributed by atoms with E-state index in [4.69, 9.17) is 0 Å². The Hall–Kier alpha value is -0.900. The van der Waals surface area contributed by atoms with Gasteiger partial charge >= 0.3 is 0 Å². The molecule has 1 N–H and O–H groups in total. The van der Waals surface area contributed by atoms with Gasteiger partial charge in [-0.15, -0.1) is 0 Å². The summed E-state index contributed by atoms with van der Waals surface area (Å²) in [5.41, 5.74) is 3.66. The standard InChI is InChI=1S/C23H34OP2/c1-15-11-10-12-19(26(8)9)21(15)25-18-14-16(22(2,3)4)13-17(20(18)24)23(5,6)7/h10-14,24-25H,1-9H3. The quantitative estimate of drug-likeness (QED) is 0.708. The van der Waals surface area contributed by atoms with Crippen LogP contribution in [0.25, 0.3) is 0 Å². The van der Waals surface area contributed by atoms with Gasteiger partial charge in [0.2, 0.25) is 0 Å². The molecular formula is C23H34OP2. The minimum Gasteiger partial charge on any atom is -0.507 e. The highest BCUT2D eigenvalue weighted by Gasteiger charge is 2.25. The summed E-state index contributed by atoms with van der Waals surface area (Å²) in [5, 5.41) is 15.0. The maximum Gasteiger partial charge on any atom is 0.127 e. The Morgan fingerprint density at radius 2 is 1.54 bits per heavy atom. The van der Waals surface area contributed by atoms with E-state index in [1.807, 2.05) is 0 Å². The van der Waals surface area contributed by atoms with Crippen molar-refractivity contribution < 1.29 is 5.11 Å². The van der Waals surface area contributed by atoms with E-state index in [9.17, 15) is 5.11 Å². The first-order valence-corrected chi connectivity index (χ1v) is 12.5. The van der Waals surface area contributed by atoms with Gasteiger partial charge in [-0.05, 0) is 58.9 Å². The van der Waals surface area contributed by atoms with Crippen molar-refractivity contribution >= 4 is 32.4 Å². The fraction of sp³-hybridized carbons (Fsp3) is 0.478. The lowest BCUT2D eigenvalue weighted by atomic mass is 9.80. The van der Waals surface area contributed by atoms with Gasteiger partial charge in [0, 0.05) is 10.9 Å². The van der Waals surface area contributed by atoms with Crippen LogP contribution in [0.1, 0.15) is 58.2 Å². The molecule has 0 aromatic heterocycles. The van der Waals surface area contributed by atoms with Crippen molar-refractivity contribution in [2.24, 2.45) is 0 Å². The molecule has 2 aromatic rings. The van der Waals surface area contributed by atoms with Gasteiger partial charge in [-0.25, -0.2) is 0 Å². The lowest BCUT2D eigenvalue weighted by Crippen LogP contribution is -2.25. The molecule has 0 saturated carbocycles. The Kier molecular flexibility index (Phi) is 6.27. The summed E-state index contributed by atoms with van der Waals surface area (Å²) < 4.78 is 0. The average molecular weight is 388 g/mol. The van der Waals surface area contributed by atoms with Crippen LogP contribution in [0.5, 0.6) is 5.75 Å². The maximum absolute atomic E-state index is 11.1. The topological polar surface area (TPSA) is 20.2 Å². The summed E-state index contributed by atoms with van der Waals surface area (Å²) in [7, 11) is 0.310. The lowest BCUT2D eigenvalue weighted by molar-refractivity contribution is 0.449. The van der Waals surface area contributed by atoms with Crippen LogP contribution in [-0.2, 0) is 10.8 Å². The minimum absolute atomic E-state index is 0.0592. The molecule has 0 amide bonds. The molecule has 3 heteroatoms. The van der Waals surface area contributed by atoms with Crippen LogP contribution in [0, 0.1) is 6.92 Å². The van der Waals surface area contributed by atoms with Crippen molar-refractivity contribution in [3.05, 3.63) is 47.0 Å². The van der Waals surface area contributed by atoms with Crippen LogP contribution in [0.4, 0.5) is 0 Å². The molecule has 1 unspecified atom stereocenters. The Morgan fingerprint density at radius 1 is 0.923 bits per heavy atom. The average Bonchev–Trinajstić information content (AvgIpc) is 2.48. The second-order valence-corrected chi connectivity index (χ2v) is 13.0. The fourth-order valence-electron chi connectivity index (χ4n) is 3.06. The van der Waals surface area contributed by atoms with E-state index < -0.39 is 0 Å². The van der Waals surface area contributed by atoms with Gasteiger partial charge in [0.15, 0.2) is 0 Å². The Bertz CT molecular complexity index is 793. The first-order chi connectivity index (χ1) is 11.8. The van der Waals surface area contributed by atoms with E-state index in [1.165, 1.54) is 21.7 Å². The van der Waals surface area contributed by atoms with Crippen molar-refractivity contribution in [2.45, 2.75) is 59.3 Å². The molecule has 0 aliphatic heterocycles. The molecule has 0 spiro atoms. The van der Waals surface area contributed by atoms with E-state index in [-0.39, 0.29) is 18.8 Å². The molecule has 0 radical (unpaired) electrons. The van der Waals surface area contributed by atoms with Crippen molar-refractivity contribution in [3.63, 3.8) is 0 Å². The third kappa shape index (κ3) is 4.68. The molecule has 2 aromatic carbocycles. The first kappa shape index (κ1) is 21.4. The molecule has 26 heavy (non-hydrogen) atoms. The number of phenols is 1. The number of hydrogen-bond acceptors (Lipinski definition) is 1. The predicted octanol–water partition coefficient (Wildman–Crippen LogP) is 5.29. The Labute approximate surface area is 163 Å². The zero-order chi connectivity index (χ0) is 19.9. The zero-order valence-corrected chi connectivity index (χ0v) is 19.7. The predicted molar refractivity (Wildman–Crippen MR) is 123 cm³/mol. The normalized spacial score (nSPS) is 13.2. The van der Waals surface area contributed by atoms with Crippen LogP contribution in [0.2, 0.25) is 0 Å². The number of aromatic hydroxyl groups is 1. The number of benzene rings is 2. The van der Waals surface area contributed by atoms with E-state index in [1.54, 1.807) is 0 Å². The van der Waals surface area contributed by atoms with E-state index >= 15 is 0 Å². The van der Waals surface area contributed by atoms with Gasteiger partial charge in [-0.1, -0.05) is 82.3 Å². The molecular weight excluding hydrogens is 354 g/mol. The molecule has 0 saturated heterocycles. The molecule has 142 valence electrons. The first-order valence-electron chi connectivity index (χ1n) is 9.24. The van der Waals surface area contributed by atoms with Crippen LogP contribution < -0.4 is 15.9 Å². The number of aryl methyl sites for hydroxylation is 1. The maximum atomic E-state index is 11.1. The van der Waals surface area contributed by atoms with Crippen LogP contribution >= 0.6 is 16.5 Å². The monoisotopic (exact) mass is 388 g/mol. The zero-order valence-electron chi connectivity index (χ0n) is 17.8. The van der Waals surface area contributed by atoms with Crippen molar-refractivity contribution in [2.75, 3.05) is 13.3 Å². The summed E-state index contributed by atoms with van der Waals surface area (Å²) in [6.07, 6.45) is 0. The smallest absolute Gasteiger partial charge is 0.127 e. The third-order valence-electron chi connectivity index (χ3n) is 4.78. The van der Waals surface area contributed by atoms with Crippen LogP contribution in [-0.4, -0.2) is 18.4 Å². The van der Waals surface area contributed by atoms with Gasteiger partial charge in [-0.3, -0.25) is 0 Å². The van der Waals surface area contributed by atoms with E-state index in [0.717, 1.165) is 10.9 Å². The summed E-state index contributed by atoms with van der Waals surface area (Å²) in [6, 6.07) is 11.0. The van der Waals surface area contributed by atoms with Gasteiger partial charge in [0.25, 0.3) is 0 Å². The SMILES string of the molecule is Cc1cccc(P(C)C)c1Pc1cc(C(C)(C)C)cc(C(C)(C)C)c1O. The molecule has 0 aliphatic rings.